The van der Waals surface area contributed by atoms with Crippen molar-refractivity contribution in [2.75, 3.05) is 7.05 Å². The molecule has 1 aromatic rings. The normalized spacial score (nSPS) is 12.8. The van der Waals surface area contributed by atoms with Crippen molar-refractivity contribution in [1.82, 2.24) is 4.90 Å². The summed E-state index contributed by atoms with van der Waals surface area (Å²) in [6.45, 7) is 1.92. The van der Waals surface area contributed by atoms with Gasteiger partial charge in [-0.25, -0.2) is 0 Å². The fourth-order valence-electron chi connectivity index (χ4n) is 1.27. The summed E-state index contributed by atoms with van der Waals surface area (Å²) in [5, 5.41) is 18.9. The van der Waals surface area contributed by atoms with Crippen molar-refractivity contribution in [1.29, 1.82) is 0 Å². The summed E-state index contributed by atoms with van der Waals surface area (Å²) in [5.74, 6) is -0.780. The zero-order chi connectivity index (χ0) is 12.3. The molecule has 0 saturated carbocycles. The number of aromatic hydroxyl groups is 1. The van der Waals surface area contributed by atoms with Gasteiger partial charge in [-0.2, -0.15) is 0 Å². The van der Waals surface area contributed by atoms with Gasteiger partial charge in [0, 0.05) is 17.1 Å². The van der Waals surface area contributed by atoms with E-state index >= 15 is 0 Å². The first-order valence-corrected chi connectivity index (χ1v) is 5.20. The minimum absolute atomic E-state index is 0.119. The van der Waals surface area contributed by atoms with Crippen molar-refractivity contribution in [3.63, 3.8) is 0 Å². The standard InChI is InChI=1S/C11H14ClNO3/c1-7(11(15)16)13(2)6-8-5-9(12)3-4-10(8)14/h3-5,7,14H,6H2,1-2H3,(H,15,16). The monoisotopic (exact) mass is 243 g/mol. The van der Waals surface area contributed by atoms with E-state index in [0.717, 1.165) is 0 Å². The van der Waals surface area contributed by atoms with Crippen LogP contribution in [0.5, 0.6) is 5.75 Å². The summed E-state index contributed by atoms with van der Waals surface area (Å²) in [4.78, 5) is 12.4. The Balaban J connectivity index is 2.80. The maximum Gasteiger partial charge on any atom is 0.320 e. The molecule has 0 bridgehead atoms. The molecule has 0 spiro atoms. The van der Waals surface area contributed by atoms with E-state index in [2.05, 4.69) is 0 Å². The molecule has 1 aromatic carbocycles. The van der Waals surface area contributed by atoms with E-state index in [1.807, 2.05) is 0 Å². The Morgan fingerprint density at radius 3 is 2.75 bits per heavy atom. The summed E-state index contributed by atoms with van der Waals surface area (Å²) in [7, 11) is 1.68. The van der Waals surface area contributed by atoms with Crippen LogP contribution in [-0.4, -0.2) is 34.2 Å². The van der Waals surface area contributed by atoms with Crippen LogP contribution in [0.3, 0.4) is 0 Å². The largest absolute Gasteiger partial charge is 0.508 e. The van der Waals surface area contributed by atoms with Crippen molar-refractivity contribution >= 4 is 17.6 Å². The number of aliphatic carboxylic acids is 1. The quantitative estimate of drug-likeness (QED) is 0.849. The second-order valence-corrected chi connectivity index (χ2v) is 4.14. The van der Waals surface area contributed by atoms with Gasteiger partial charge in [-0.1, -0.05) is 11.6 Å². The first kappa shape index (κ1) is 12.8. The number of benzene rings is 1. The number of phenols is 1. The lowest BCUT2D eigenvalue weighted by Crippen LogP contribution is -2.35. The molecule has 2 N–H and O–H groups in total. The van der Waals surface area contributed by atoms with Crippen molar-refractivity contribution in [2.45, 2.75) is 19.5 Å². The van der Waals surface area contributed by atoms with E-state index in [1.165, 1.54) is 6.07 Å². The molecule has 4 nitrogen and oxygen atoms in total. The Labute approximate surface area is 99.1 Å². The van der Waals surface area contributed by atoms with Crippen LogP contribution in [0, 0.1) is 0 Å². The van der Waals surface area contributed by atoms with Crippen molar-refractivity contribution in [2.24, 2.45) is 0 Å². The number of phenolic OH excluding ortho intramolecular Hbond substituents is 1. The van der Waals surface area contributed by atoms with Gasteiger partial charge in [0.2, 0.25) is 0 Å². The molecule has 1 unspecified atom stereocenters. The minimum Gasteiger partial charge on any atom is -0.508 e. The highest BCUT2D eigenvalue weighted by Gasteiger charge is 2.17. The number of carboxylic acids is 1. The molecule has 0 fully saturated rings. The van der Waals surface area contributed by atoms with Crippen molar-refractivity contribution in [3.8, 4) is 5.75 Å². The summed E-state index contributed by atoms with van der Waals surface area (Å²) < 4.78 is 0. The average Bonchev–Trinajstić information content (AvgIpc) is 2.22. The third-order valence-corrected chi connectivity index (χ3v) is 2.71. The highest BCUT2D eigenvalue weighted by Crippen LogP contribution is 2.23. The molecular weight excluding hydrogens is 230 g/mol. The molecule has 5 heteroatoms. The lowest BCUT2D eigenvalue weighted by molar-refractivity contribution is -0.142. The Morgan fingerprint density at radius 2 is 2.19 bits per heavy atom. The fraction of sp³-hybridized carbons (Fsp3) is 0.364. The van der Waals surface area contributed by atoms with E-state index in [4.69, 9.17) is 16.7 Å². The maximum absolute atomic E-state index is 10.8. The highest BCUT2D eigenvalue weighted by molar-refractivity contribution is 6.30. The lowest BCUT2D eigenvalue weighted by Gasteiger charge is -2.21. The lowest BCUT2D eigenvalue weighted by atomic mass is 10.1. The van der Waals surface area contributed by atoms with Gasteiger partial charge in [0.25, 0.3) is 0 Å². The molecule has 0 amide bonds. The predicted molar refractivity (Wildman–Crippen MR) is 61.7 cm³/mol. The Kier molecular flexibility index (Phi) is 4.15. The first-order chi connectivity index (χ1) is 7.41. The summed E-state index contributed by atoms with van der Waals surface area (Å²) in [6.07, 6.45) is 0. The Bertz CT molecular complexity index is 395. The van der Waals surface area contributed by atoms with Crippen LogP contribution < -0.4 is 0 Å². The molecule has 0 aliphatic rings. The SMILES string of the molecule is CC(C(=O)O)N(C)Cc1cc(Cl)ccc1O. The van der Waals surface area contributed by atoms with E-state index in [-0.39, 0.29) is 5.75 Å². The predicted octanol–water partition coefficient (Wildman–Crippen LogP) is 1.95. The van der Waals surface area contributed by atoms with Gasteiger partial charge in [-0.15, -0.1) is 0 Å². The number of halogens is 1. The van der Waals surface area contributed by atoms with E-state index in [0.29, 0.717) is 17.1 Å². The molecule has 0 radical (unpaired) electrons. The highest BCUT2D eigenvalue weighted by atomic mass is 35.5. The molecule has 88 valence electrons. The number of carboxylic acid groups (broad SMARTS) is 1. The van der Waals surface area contributed by atoms with Gasteiger partial charge in [0.15, 0.2) is 0 Å². The molecule has 0 saturated heterocycles. The van der Waals surface area contributed by atoms with Crippen LogP contribution in [0.25, 0.3) is 0 Å². The van der Waals surface area contributed by atoms with E-state index < -0.39 is 12.0 Å². The third-order valence-electron chi connectivity index (χ3n) is 2.48. The zero-order valence-corrected chi connectivity index (χ0v) is 9.90. The van der Waals surface area contributed by atoms with Crippen molar-refractivity contribution in [3.05, 3.63) is 28.8 Å². The third kappa shape index (κ3) is 3.12. The molecule has 1 atom stereocenters. The topological polar surface area (TPSA) is 60.8 Å². The van der Waals surface area contributed by atoms with Gasteiger partial charge >= 0.3 is 5.97 Å². The summed E-state index contributed by atoms with van der Waals surface area (Å²) in [5.41, 5.74) is 0.614. The number of hydrogen-bond donors (Lipinski definition) is 2. The van der Waals surface area contributed by atoms with E-state index in [9.17, 15) is 9.90 Å². The number of nitrogens with zero attached hydrogens (tertiary/aromatic N) is 1. The van der Waals surface area contributed by atoms with Crippen LogP contribution in [0.2, 0.25) is 5.02 Å². The zero-order valence-electron chi connectivity index (χ0n) is 9.14. The smallest absolute Gasteiger partial charge is 0.320 e. The van der Waals surface area contributed by atoms with Gasteiger partial charge < -0.3 is 10.2 Å². The van der Waals surface area contributed by atoms with Crippen LogP contribution in [-0.2, 0) is 11.3 Å². The molecule has 1 rings (SSSR count). The molecule has 0 aliphatic carbocycles. The van der Waals surface area contributed by atoms with Crippen LogP contribution >= 0.6 is 11.6 Å². The van der Waals surface area contributed by atoms with Gasteiger partial charge in [-0.05, 0) is 32.2 Å². The van der Waals surface area contributed by atoms with Gasteiger partial charge in [0.1, 0.15) is 11.8 Å². The Hall–Kier alpha value is -1.26. The molecule has 0 aliphatic heterocycles. The van der Waals surface area contributed by atoms with E-state index in [1.54, 1.807) is 31.0 Å². The van der Waals surface area contributed by atoms with Gasteiger partial charge in [-0.3, -0.25) is 9.69 Å². The molecule has 16 heavy (non-hydrogen) atoms. The maximum atomic E-state index is 10.8. The number of rotatable bonds is 4. The molecular formula is C11H14ClNO3. The molecule has 0 aromatic heterocycles. The first-order valence-electron chi connectivity index (χ1n) is 4.82. The summed E-state index contributed by atoms with van der Waals surface area (Å²) >= 11 is 5.80. The number of hydrogen-bond acceptors (Lipinski definition) is 3. The number of carbonyl (C=O) groups is 1. The second-order valence-electron chi connectivity index (χ2n) is 3.70. The average molecular weight is 244 g/mol. The second kappa shape index (κ2) is 5.18. The molecule has 0 heterocycles. The van der Waals surface area contributed by atoms with Crippen LogP contribution in [0.15, 0.2) is 18.2 Å². The Morgan fingerprint density at radius 1 is 1.56 bits per heavy atom. The van der Waals surface area contributed by atoms with Crippen LogP contribution in [0.4, 0.5) is 0 Å². The minimum atomic E-state index is -0.899. The van der Waals surface area contributed by atoms with Crippen LogP contribution in [0.1, 0.15) is 12.5 Å². The van der Waals surface area contributed by atoms with Gasteiger partial charge in [0.05, 0.1) is 0 Å². The van der Waals surface area contributed by atoms with Crippen molar-refractivity contribution < 1.29 is 15.0 Å². The summed E-state index contributed by atoms with van der Waals surface area (Å²) in [6, 6.07) is 4.10. The number of likely N-dealkylation sites (N-methyl/N-ethyl adjacent to an activating group) is 1. The fourth-order valence-corrected chi connectivity index (χ4v) is 1.47.